The SMILES string of the molecule is CNC(=O)CN(C)S(=O)(=O)c1ccccc1O. The number of carbonyl (C=O) groups excluding carboxylic acids is 1. The van der Waals surface area contributed by atoms with Crippen LogP contribution in [-0.4, -0.2) is 44.4 Å². The number of hydrogen-bond acceptors (Lipinski definition) is 4. The third kappa shape index (κ3) is 2.95. The highest BCUT2D eigenvalue weighted by atomic mass is 32.2. The summed E-state index contributed by atoms with van der Waals surface area (Å²) in [7, 11) is -1.16. The predicted molar refractivity (Wildman–Crippen MR) is 62.0 cm³/mol. The molecule has 2 N–H and O–H groups in total. The number of benzene rings is 1. The number of phenolic OH excluding ortho intramolecular Hbond substituents is 1. The zero-order chi connectivity index (χ0) is 13.1. The molecule has 0 spiro atoms. The average Bonchev–Trinajstić information content (AvgIpc) is 2.29. The van der Waals surface area contributed by atoms with Crippen molar-refractivity contribution in [3.05, 3.63) is 24.3 Å². The van der Waals surface area contributed by atoms with E-state index in [1.54, 1.807) is 0 Å². The maximum atomic E-state index is 12.0. The molecule has 0 aliphatic heterocycles. The number of rotatable bonds is 4. The van der Waals surface area contributed by atoms with Crippen LogP contribution in [0.25, 0.3) is 0 Å². The van der Waals surface area contributed by atoms with Gasteiger partial charge in [-0.3, -0.25) is 4.79 Å². The van der Waals surface area contributed by atoms with Crippen LogP contribution < -0.4 is 5.32 Å². The number of nitrogens with zero attached hydrogens (tertiary/aromatic N) is 1. The largest absolute Gasteiger partial charge is 0.507 e. The number of aromatic hydroxyl groups is 1. The molecular formula is C10H14N2O4S. The van der Waals surface area contributed by atoms with Crippen LogP contribution in [0.2, 0.25) is 0 Å². The Labute approximate surface area is 99.9 Å². The van der Waals surface area contributed by atoms with Crippen LogP contribution in [0.3, 0.4) is 0 Å². The lowest BCUT2D eigenvalue weighted by Gasteiger charge is -2.16. The molecule has 1 aromatic rings. The fourth-order valence-electron chi connectivity index (χ4n) is 1.21. The minimum Gasteiger partial charge on any atom is -0.507 e. The average molecular weight is 258 g/mol. The van der Waals surface area contributed by atoms with Crippen molar-refractivity contribution in [1.82, 2.24) is 9.62 Å². The smallest absolute Gasteiger partial charge is 0.246 e. The Morgan fingerprint density at radius 1 is 1.41 bits per heavy atom. The number of para-hydroxylation sites is 1. The molecule has 0 unspecified atom stereocenters. The second-order valence-electron chi connectivity index (χ2n) is 3.40. The Hall–Kier alpha value is -1.60. The molecule has 7 heteroatoms. The first-order chi connectivity index (χ1) is 7.89. The second-order valence-corrected chi connectivity index (χ2v) is 5.42. The van der Waals surface area contributed by atoms with E-state index >= 15 is 0 Å². The molecule has 0 heterocycles. The molecule has 1 rings (SSSR count). The first-order valence-corrected chi connectivity index (χ1v) is 6.28. The Bertz CT molecular complexity index is 513. The minimum absolute atomic E-state index is 0.216. The second kappa shape index (κ2) is 5.15. The van der Waals surface area contributed by atoms with Gasteiger partial charge in [0.15, 0.2) is 0 Å². The van der Waals surface area contributed by atoms with Gasteiger partial charge in [0.05, 0.1) is 6.54 Å². The number of sulfonamides is 1. The van der Waals surface area contributed by atoms with Gasteiger partial charge in [0.25, 0.3) is 0 Å². The fourth-order valence-corrected chi connectivity index (χ4v) is 2.42. The fraction of sp³-hybridized carbons (Fsp3) is 0.300. The van der Waals surface area contributed by atoms with Crippen LogP contribution in [0.15, 0.2) is 29.2 Å². The molecule has 1 amide bonds. The van der Waals surface area contributed by atoms with Crippen LogP contribution >= 0.6 is 0 Å². The monoisotopic (exact) mass is 258 g/mol. The lowest BCUT2D eigenvalue weighted by Crippen LogP contribution is -2.36. The molecule has 17 heavy (non-hydrogen) atoms. The van der Waals surface area contributed by atoms with Crippen LogP contribution in [0.4, 0.5) is 0 Å². The Morgan fingerprint density at radius 3 is 2.53 bits per heavy atom. The Balaban J connectivity index is 3.04. The zero-order valence-electron chi connectivity index (χ0n) is 9.54. The molecule has 0 saturated carbocycles. The number of amides is 1. The van der Waals surface area contributed by atoms with Crippen molar-refractivity contribution in [3.63, 3.8) is 0 Å². The number of carbonyl (C=O) groups is 1. The van der Waals surface area contributed by atoms with Crippen LogP contribution in [0.5, 0.6) is 5.75 Å². The molecule has 0 bridgehead atoms. The molecular weight excluding hydrogens is 244 g/mol. The summed E-state index contributed by atoms with van der Waals surface area (Å²) in [6, 6.07) is 5.58. The van der Waals surface area contributed by atoms with Gasteiger partial charge in [-0.15, -0.1) is 0 Å². The molecule has 6 nitrogen and oxygen atoms in total. The van der Waals surface area contributed by atoms with E-state index in [0.29, 0.717) is 0 Å². The van der Waals surface area contributed by atoms with Crippen molar-refractivity contribution in [3.8, 4) is 5.75 Å². The quantitative estimate of drug-likeness (QED) is 0.780. The lowest BCUT2D eigenvalue weighted by atomic mass is 10.3. The van der Waals surface area contributed by atoms with Crippen LogP contribution in [-0.2, 0) is 14.8 Å². The van der Waals surface area contributed by atoms with Gasteiger partial charge in [0, 0.05) is 14.1 Å². The summed E-state index contributed by atoms with van der Waals surface area (Å²) in [6.45, 7) is -0.298. The zero-order valence-corrected chi connectivity index (χ0v) is 10.4. The van der Waals surface area contributed by atoms with E-state index in [0.717, 1.165) is 4.31 Å². The number of likely N-dealkylation sites (N-methyl/N-ethyl adjacent to an activating group) is 2. The molecule has 0 radical (unpaired) electrons. The summed E-state index contributed by atoms with van der Waals surface area (Å²) >= 11 is 0. The van der Waals surface area contributed by atoms with Gasteiger partial charge in [-0.25, -0.2) is 8.42 Å². The number of phenols is 1. The summed E-state index contributed by atoms with van der Waals surface area (Å²) in [5.41, 5.74) is 0. The molecule has 94 valence electrons. The van der Waals surface area contributed by atoms with Gasteiger partial charge in [-0.1, -0.05) is 12.1 Å². The predicted octanol–water partition coefficient (Wildman–Crippen LogP) is -0.241. The first kappa shape index (κ1) is 13.5. The molecule has 1 aromatic carbocycles. The maximum absolute atomic E-state index is 12.0. The summed E-state index contributed by atoms with van der Waals surface area (Å²) in [4.78, 5) is 10.9. The molecule has 0 atom stereocenters. The summed E-state index contributed by atoms with van der Waals surface area (Å²) in [5, 5.41) is 11.8. The third-order valence-electron chi connectivity index (χ3n) is 2.20. The van der Waals surface area contributed by atoms with Gasteiger partial charge in [0.1, 0.15) is 10.6 Å². The summed E-state index contributed by atoms with van der Waals surface area (Å²) in [6.07, 6.45) is 0. The molecule has 0 saturated heterocycles. The number of nitrogens with one attached hydrogen (secondary N) is 1. The summed E-state index contributed by atoms with van der Waals surface area (Å²) < 4.78 is 24.9. The highest BCUT2D eigenvalue weighted by Gasteiger charge is 2.25. The highest BCUT2D eigenvalue weighted by Crippen LogP contribution is 2.23. The van der Waals surface area contributed by atoms with Crippen molar-refractivity contribution >= 4 is 15.9 Å². The first-order valence-electron chi connectivity index (χ1n) is 4.84. The molecule has 0 fully saturated rings. The van der Waals surface area contributed by atoms with Crippen LogP contribution in [0.1, 0.15) is 0 Å². The van der Waals surface area contributed by atoms with E-state index in [9.17, 15) is 18.3 Å². The maximum Gasteiger partial charge on any atom is 0.246 e. The normalized spacial score (nSPS) is 11.5. The standard InChI is InChI=1S/C10H14N2O4S/c1-11-10(14)7-12(2)17(15,16)9-6-4-3-5-8(9)13/h3-6,13H,7H2,1-2H3,(H,11,14). The Morgan fingerprint density at radius 2 is 2.00 bits per heavy atom. The molecule has 0 aromatic heterocycles. The van der Waals surface area contributed by atoms with E-state index in [1.165, 1.54) is 38.4 Å². The van der Waals surface area contributed by atoms with Crippen molar-refractivity contribution in [2.24, 2.45) is 0 Å². The molecule has 0 aliphatic carbocycles. The molecule has 0 aliphatic rings. The van der Waals surface area contributed by atoms with Crippen molar-refractivity contribution in [2.75, 3.05) is 20.6 Å². The van der Waals surface area contributed by atoms with Gasteiger partial charge in [-0.05, 0) is 12.1 Å². The van der Waals surface area contributed by atoms with Gasteiger partial charge >= 0.3 is 0 Å². The topological polar surface area (TPSA) is 86.7 Å². The van der Waals surface area contributed by atoms with Gasteiger partial charge in [0.2, 0.25) is 15.9 Å². The van der Waals surface area contributed by atoms with Crippen molar-refractivity contribution < 1.29 is 18.3 Å². The number of hydrogen-bond donors (Lipinski definition) is 2. The van der Waals surface area contributed by atoms with Gasteiger partial charge < -0.3 is 10.4 Å². The van der Waals surface area contributed by atoms with Crippen LogP contribution in [0, 0.1) is 0 Å². The van der Waals surface area contributed by atoms with Gasteiger partial charge in [-0.2, -0.15) is 4.31 Å². The van der Waals surface area contributed by atoms with E-state index in [-0.39, 0.29) is 17.2 Å². The van der Waals surface area contributed by atoms with E-state index in [4.69, 9.17) is 0 Å². The van der Waals surface area contributed by atoms with Crippen molar-refractivity contribution in [2.45, 2.75) is 4.90 Å². The van der Waals surface area contributed by atoms with E-state index in [2.05, 4.69) is 5.32 Å². The highest BCUT2D eigenvalue weighted by molar-refractivity contribution is 7.89. The van der Waals surface area contributed by atoms with Crippen molar-refractivity contribution in [1.29, 1.82) is 0 Å². The lowest BCUT2D eigenvalue weighted by molar-refractivity contribution is -0.120. The van der Waals surface area contributed by atoms with E-state index < -0.39 is 15.9 Å². The Kier molecular flexibility index (Phi) is 4.08. The summed E-state index contributed by atoms with van der Waals surface area (Å²) in [5.74, 6) is -0.761. The van der Waals surface area contributed by atoms with E-state index in [1.807, 2.05) is 0 Å². The third-order valence-corrected chi connectivity index (χ3v) is 4.05. The minimum atomic E-state index is -3.85.